The number of aliphatic hydroxyl groups excluding tert-OH is 1. The molecule has 8 aromatic rings. The summed E-state index contributed by atoms with van der Waals surface area (Å²) in [5.74, 6) is -0.212. The molecule has 16 rings (SSSR count). The maximum absolute atomic E-state index is 14.5. The molecule has 0 radical (unpaired) electrons. The first-order valence-corrected chi connectivity index (χ1v) is 57.0. The lowest BCUT2D eigenvalue weighted by Gasteiger charge is -2.42. The number of benzene rings is 8. The summed E-state index contributed by atoms with van der Waals surface area (Å²) in [5, 5.41) is 18.2. The third kappa shape index (κ3) is 42.2. The molecule has 8 aliphatic rings. The van der Waals surface area contributed by atoms with E-state index in [1.54, 1.807) is 0 Å². The van der Waals surface area contributed by atoms with Crippen molar-refractivity contribution in [1.82, 2.24) is 10.6 Å². The van der Waals surface area contributed by atoms with Crippen LogP contribution in [-0.2, 0) is 162 Å². The third-order valence-electron chi connectivity index (χ3n) is 27.4. The van der Waals surface area contributed by atoms with Gasteiger partial charge in [0.05, 0.1) is 165 Å². The number of unbranched alkanes of at least 4 members (excludes halogenated alkanes) is 1. The molecule has 830 valence electrons. The molecule has 8 heterocycles. The minimum absolute atomic E-state index is 0.0292. The first-order chi connectivity index (χ1) is 70.6. The largest absolute Gasteiger partial charge is 0.449 e. The molecule has 8 bridgehead atoms. The van der Waals surface area contributed by atoms with Crippen molar-refractivity contribution >= 4 is 37.7 Å². The van der Waals surface area contributed by atoms with Gasteiger partial charge in [-0.05, 0) is 245 Å². The van der Waals surface area contributed by atoms with Crippen LogP contribution in [0.2, 0.25) is 16.6 Å². The van der Waals surface area contributed by atoms with E-state index in [1.807, 2.05) is 36.4 Å². The summed E-state index contributed by atoms with van der Waals surface area (Å²) in [6.07, 6.45) is 2.56. The second-order valence-electron chi connectivity index (χ2n) is 49.3. The fourth-order valence-electron chi connectivity index (χ4n) is 18.0. The number of hydrogen-bond donors (Lipinski definition) is 4. The Hall–Kier alpha value is -8.70. The first kappa shape index (κ1) is 126. The fraction of sp³-hybridized carbons (Fsp3) is 0.591. The number of anilines is 1. The predicted molar refractivity (Wildman–Crippen MR) is 611 cm³/mol. The molecular weight excluding hydrogens is 1900 g/mol. The van der Waals surface area contributed by atoms with Gasteiger partial charge in [-0.1, -0.05) is 305 Å². The summed E-state index contributed by atoms with van der Waals surface area (Å²) in [6, 6.07) is 50.8. The number of carbonyl (C=O) groups is 4. The summed E-state index contributed by atoms with van der Waals surface area (Å²) >= 11 is 0. The van der Waals surface area contributed by atoms with Crippen LogP contribution in [0.5, 0.6) is 0 Å². The van der Waals surface area contributed by atoms with Gasteiger partial charge in [-0.15, -0.1) is 0 Å². The molecule has 4 N–H and O–H groups in total. The molecule has 0 unspecified atom stereocenters. The fourth-order valence-corrected chi connectivity index (χ4v) is 23.5. The van der Waals surface area contributed by atoms with E-state index in [0.29, 0.717) is 205 Å². The number of amides is 3. The van der Waals surface area contributed by atoms with Crippen molar-refractivity contribution in [2.45, 2.75) is 353 Å². The molecule has 0 aliphatic carbocycles. The van der Waals surface area contributed by atoms with Crippen LogP contribution in [0.15, 0.2) is 146 Å². The highest BCUT2D eigenvalue weighted by molar-refractivity contribution is 6.77. The van der Waals surface area contributed by atoms with E-state index in [-0.39, 0.29) is 100 Å². The van der Waals surface area contributed by atoms with Gasteiger partial charge in [0.25, 0.3) is 11.8 Å². The lowest BCUT2D eigenvalue weighted by molar-refractivity contribution is 0.00621. The topological polar surface area (TPSA) is 254 Å². The summed E-state index contributed by atoms with van der Waals surface area (Å²) in [5.41, 5.74) is 24.7. The molecule has 23 heteroatoms. The maximum atomic E-state index is 14.5. The van der Waals surface area contributed by atoms with Gasteiger partial charge >= 0.3 is 6.09 Å². The lowest BCUT2D eigenvalue weighted by Crippen LogP contribution is -2.48. The molecule has 8 aromatic carbocycles. The van der Waals surface area contributed by atoms with Crippen molar-refractivity contribution in [3.05, 3.63) is 251 Å². The van der Waals surface area contributed by atoms with Crippen molar-refractivity contribution in [2.75, 3.05) is 144 Å². The number of carbonyl (C=O) groups excluding carboxylic acids is 4. The molecule has 22 nitrogen and oxygen atoms in total. The highest BCUT2D eigenvalue weighted by Gasteiger charge is 2.45. The molecule has 0 atom stereocenters. The third-order valence-corrected chi connectivity index (χ3v) is 33.5. The summed E-state index contributed by atoms with van der Waals surface area (Å²) in [7, 11) is -2.01. The van der Waals surface area contributed by atoms with E-state index in [4.69, 9.17) is 71.1 Å². The summed E-state index contributed by atoms with van der Waals surface area (Å²) < 4.78 is 84.5. The van der Waals surface area contributed by atoms with E-state index in [2.05, 4.69) is 333 Å². The van der Waals surface area contributed by atoms with Crippen LogP contribution in [0.25, 0.3) is 22.3 Å². The predicted octanol–water partition coefficient (Wildman–Crippen LogP) is 27.4. The van der Waals surface area contributed by atoms with Gasteiger partial charge in [0.1, 0.15) is 0 Å². The van der Waals surface area contributed by atoms with Crippen LogP contribution in [0, 0.1) is 0 Å². The Balaban J connectivity index is 0.000000307. The Morgan fingerprint density at radius 3 is 0.847 bits per heavy atom. The minimum atomic E-state index is -2.01. The zero-order valence-corrected chi connectivity index (χ0v) is 98.4. The Bertz CT molecular complexity index is 5320. The monoisotopic (exact) mass is 2090 g/mol. The molecule has 0 saturated heterocycles. The molecule has 8 aliphatic heterocycles. The van der Waals surface area contributed by atoms with Gasteiger partial charge < -0.3 is 81.7 Å². The molecule has 0 spiro atoms. The van der Waals surface area contributed by atoms with Crippen LogP contribution >= 0.6 is 0 Å². The van der Waals surface area contributed by atoms with Gasteiger partial charge in [0.15, 0.2) is 14.1 Å². The van der Waals surface area contributed by atoms with E-state index in [9.17, 15) is 19.2 Å². The van der Waals surface area contributed by atoms with E-state index < -0.39 is 14.4 Å². The summed E-state index contributed by atoms with van der Waals surface area (Å²) in [4.78, 5) is 54.3. The highest BCUT2D eigenvalue weighted by atomic mass is 28.4. The van der Waals surface area contributed by atoms with Gasteiger partial charge in [0.2, 0.25) is 0 Å². The van der Waals surface area contributed by atoms with Crippen molar-refractivity contribution in [3.63, 3.8) is 0 Å². The molecule has 150 heavy (non-hydrogen) atoms. The van der Waals surface area contributed by atoms with Gasteiger partial charge in [-0.3, -0.25) is 19.7 Å². The smallest absolute Gasteiger partial charge is 0.411 e. The lowest BCUT2D eigenvalue weighted by atomic mass is 9.78. The molecule has 0 fully saturated rings. The molecular formula is C127H189N3O19Si. The second-order valence-corrected chi connectivity index (χ2v) is 54.7. The van der Waals surface area contributed by atoms with Crippen LogP contribution in [0.1, 0.15) is 360 Å². The van der Waals surface area contributed by atoms with E-state index >= 15 is 0 Å². The number of ether oxygens (including phenoxy) is 13. The van der Waals surface area contributed by atoms with Crippen LogP contribution in [-0.4, -0.2) is 176 Å². The number of nitrogens with one attached hydrogen (secondary N) is 3. The standard InChI is InChI=1S/C57H80N2O9.C51H79NO8Si.C19H30O2/c1-54(2,3)44-30-43(31-45(32-44)55(4,5)6)49-28-42-29-50(52(60)58-18-13-19-68-53(61)59-48-34-46(56(7,8)9)33-47(35-48)57(10,11)12)51(49)39-67-27-23-63-21-25-65-37-41-16-14-40(15-17-41)36-64-24-20-62-22-26-66-38-42;1-37(2)61(38(3)4,39(5)6)60-19-13-18-52-49(53)47-29-42-28-46(43-30-44(50(7,8)9)32-45(31-43)51(10,11)12)48(47)36-59-27-23-55-21-25-57-34-41-16-14-40(15-17-41)33-56-24-20-54-22-26-58-35-42;1-18(2,3)15-11-14(17(21)9-7-8-10-20)12-16(13-15)19(4,5)6/h14-17,28-35H,13,18-27,36-39H2,1-12H3,(H,58,60)(H,59,61);14-17,28-32,37-39H,13,18-27,33-36H2,1-12H3,(H,52,53);11-13,20H,7-10H2,1-6H3. The van der Waals surface area contributed by atoms with Gasteiger partial charge in [0, 0.05) is 55.1 Å². The maximum Gasteiger partial charge on any atom is 0.411 e. The van der Waals surface area contributed by atoms with Gasteiger partial charge in [-0.25, -0.2) is 4.79 Å². The first-order valence-electron chi connectivity index (χ1n) is 54.9. The quantitative estimate of drug-likeness (QED) is 0.0279. The zero-order chi connectivity index (χ0) is 110. The van der Waals surface area contributed by atoms with Crippen molar-refractivity contribution < 1.29 is 90.3 Å². The average molecular weight is 2090 g/mol. The van der Waals surface area contributed by atoms with E-state index in [0.717, 1.165) is 96.3 Å². The molecule has 0 aromatic heterocycles. The van der Waals surface area contributed by atoms with Crippen LogP contribution in [0.4, 0.5) is 10.5 Å². The Labute approximate surface area is 903 Å². The number of aliphatic hydroxyl groups is 1. The number of rotatable bonds is 22. The number of Topliss-reactive ketones (excluding diaryl/α,β-unsaturated/α-hetero) is 1. The average Bonchev–Trinajstić information content (AvgIpc) is 0.768. The summed E-state index contributed by atoms with van der Waals surface area (Å²) in [6.45, 7) is 78.1. The van der Waals surface area contributed by atoms with E-state index in [1.165, 1.54) is 33.4 Å². The van der Waals surface area contributed by atoms with Crippen LogP contribution in [0.3, 0.4) is 0 Å². The number of ketones is 1. The number of hydrogen-bond acceptors (Lipinski definition) is 19. The Morgan fingerprint density at radius 2 is 0.567 bits per heavy atom. The van der Waals surface area contributed by atoms with Gasteiger partial charge in [-0.2, -0.15) is 0 Å². The van der Waals surface area contributed by atoms with Crippen molar-refractivity contribution in [1.29, 1.82) is 0 Å². The normalized spacial score (nSPS) is 15.6. The van der Waals surface area contributed by atoms with Crippen molar-refractivity contribution in [3.8, 4) is 22.3 Å². The SMILES string of the molecule is CC(C)(C)c1cc(C(=O)CCCCO)cc(C(C)(C)C)c1.CC(C)(C)c1cc(NC(=O)OCCCNC(=O)c2cc3cc(-c4cc(C(C)(C)C)cc(C(C)(C)C)c4)c2COCCOCCOCc2ccc(cc2)COCCOCCOC3)cc(C(C)(C)C)c1.CC(C)[Si](OCCCNC(=O)c1cc2cc(-c3cc(C(C)(C)C)cc(C(C)(C)C)c3)c1COCCOCCOCc1ccc(cc1)COCCOCCOC2)(C(C)C)C(C)C. The second kappa shape index (κ2) is 59.8. The van der Waals surface area contributed by atoms with Crippen molar-refractivity contribution in [2.24, 2.45) is 0 Å². The molecule has 3 amide bonds. The molecule has 0 saturated carbocycles. The Kier molecular flexibility index (Phi) is 50.4. The highest BCUT2D eigenvalue weighted by Crippen LogP contribution is 2.45. The Morgan fingerprint density at radius 1 is 0.307 bits per heavy atom. The minimum Gasteiger partial charge on any atom is -0.449 e. The van der Waals surface area contributed by atoms with Crippen LogP contribution < -0.4 is 16.0 Å². The zero-order valence-electron chi connectivity index (χ0n) is 97.4.